The van der Waals surface area contributed by atoms with Gasteiger partial charge >= 0.3 is 11.8 Å². The lowest BCUT2D eigenvalue weighted by Gasteiger charge is -2.32. The number of amides is 2. The number of aryl methyl sites for hydroxylation is 1. The van der Waals surface area contributed by atoms with Crippen LogP contribution in [0.25, 0.3) is 0 Å². The Morgan fingerprint density at radius 3 is 2.48 bits per heavy atom. The van der Waals surface area contributed by atoms with E-state index in [9.17, 15) is 14.7 Å². The highest BCUT2D eigenvalue weighted by atomic mass is 16.3. The molecule has 1 aliphatic heterocycles. The van der Waals surface area contributed by atoms with E-state index in [0.29, 0.717) is 18.8 Å². The van der Waals surface area contributed by atoms with Crippen molar-refractivity contribution in [3.8, 4) is 0 Å². The molecule has 1 fully saturated rings. The number of hydrogen-bond donors (Lipinski definition) is 2. The van der Waals surface area contributed by atoms with E-state index in [1.165, 1.54) is 0 Å². The predicted octanol–water partition coefficient (Wildman–Crippen LogP) is 1.55. The van der Waals surface area contributed by atoms with Gasteiger partial charge in [-0.15, -0.1) is 0 Å². The minimum atomic E-state index is -0.597. The lowest BCUT2D eigenvalue weighted by Crippen LogP contribution is -2.45. The highest BCUT2D eigenvalue weighted by Gasteiger charge is 2.28. The van der Waals surface area contributed by atoms with Gasteiger partial charge in [-0.05, 0) is 44.2 Å². The lowest BCUT2D eigenvalue weighted by atomic mass is 9.92. The predicted molar refractivity (Wildman–Crippen MR) is 80.8 cm³/mol. The van der Waals surface area contributed by atoms with E-state index in [-0.39, 0.29) is 12.0 Å². The molecule has 5 heteroatoms. The first-order chi connectivity index (χ1) is 9.99. The SMILES string of the molecule is Cc1ccccc1NC(=O)C(=O)N1CCC(C(C)O)CC1. The molecule has 1 saturated heterocycles. The summed E-state index contributed by atoms with van der Waals surface area (Å²) < 4.78 is 0. The van der Waals surface area contributed by atoms with Crippen molar-refractivity contribution in [2.75, 3.05) is 18.4 Å². The van der Waals surface area contributed by atoms with Crippen molar-refractivity contribution in [2.45, 2.75) is 32.8 Å². The quantitative estimate of drug-likeness (QED) is 0.812. The number of benzene rings is 1. The number of rotatable bonds is 2. The maximum Gasteiger partial charge on any atom is 0.313 e. The van der Waals surface area contributed by atoms with Crippen LogP contribution in [0.15, 0.2) is 24.3 Å². The van der Waals surface area contributed by atoms with Crippen LogP contribution in [-0.4, -0.2) is 41.0 Å². The summed E-state index contributed by atoms with van der Waals surface area (Å²) in [6, 6.07) is 7.36. The summed E-state index contributed by atoms with van der Waals surface area (Å²) in [5.41, 5.74) is 1.58. The second-order valence-electron chi connectivity index (χ2n) is 5.64. The molecule has 2 amide bonds. The van der Waals surface area contributed by atoms with Gasteiger partial charge in [0.15, 0.2) is 0 Å². The third-order valence-corrected chi connectivity index (χ3v) is 4.10. The molecule has 1 aromatic rings. The molecule has 0 aliphatic carbocycles. The van der Waals surface area contributed by atoms with Gasteiger partial charge in [-0.2, -0.15) is 0 Å². The van der Waals surface area contributed by atoms with Crippen molar-refractivity contribution in [3.63, 3.8) is 0 Å². The summed E-state index contributed by atoms with van der Waals surface area (Å²) >= 11 is 0. The Balaban J connectivity index is 1.92. The molecule has 0 bridgehead atoms. The highest BCUT2D eigenvalue weighted by Crippen LogP contribution is 2.21. The zero-order chi connectivity index (χ0) is 15.4. The van der Waals surface area contributed by atoms with Crippen LogP contribution < -0.4 is 5.32 Å². The zero-order valence-corrected chi connectivity index (χ0v) is 12.5. The summed E-state index contributed by atoms with van der Waals surface area (Å²) in [7, 11) is 0. The zero-order valence-electron chi connectivity index (χ0n) is 12.5. The standard InChI is InChI=1S/C16H22N2O3/c1-11-5-3-4-6-14(11)17-15(20)16(21)18-9-7-13(8-10-18)12(2)19/h3-6,12-13,19H,7-10H2,1-2H3,(H,17,20). The average Bonchev–Trinajstić information content (AvgIpc) is 2.49. The van der Waals surface area contributed by atoms with Gasteiger partial charge in [-0.3, -0.25) is 9.59 Å². The number of likely N-dealkylation sites (tertiary alicyclic amines) is 1. The summed E-state index contributed by atoms with van der Waals surface area (Å²) in [5.74, 6) is -0.879. The van der Waals surface area contributed by atoms with Crippen molar-refractivity contribution in [3.05, 3.63) is 29.8 Å². The van der Waals surface area contributed by atoms with Gasteiger partial charge in [-0.25, -0.2) is 0 Å². The molecule has 1 atom stereocenters. The van der Waals surface area contributed by atoms with E-state index in [1.807, 2.05) is 25.1 Å². The van der Waals surface area contributed by atoms with Gasteiger partial charge in [0.1, 0.15) is 0 Å². The lowest BCUT2D eigenvalue weighted by molar-refractivity contribution is -0.144. The van der Waals surface area contributed by atoms with Crippen molar-refractivity contribution in [1.29, 1.82) is 0 Å². The van der Waals surface area contributed by atoms with Crippen LogP contribution in [0.5, 0.6) is 0 Å². The van der Waals surface area contributed by atoms with Crippen LogP contribution >= 0.6 is 0 Å². The number of nitrogens with zero attached hydrogens (tertiary/aromatic N) is 1. The normalized spacial score (nSPS) is 17.4. The minimum Gasteiger partial charge on any atom is -0.393 e. The third kappa shape index (κ3) is 3.82. The molecule has 0 radical (unpaired) electrons. The molecule has 2 N–H and O–H groups in total. The van der Waals surface area contributed by atoms with Crippen LogP contribution in [0.1, 0.15) is 25.3 Å². The summed E-state index contributed by atoms with van der Waals surface area (Å²) in [6.45, 7) is 4.70. The molecule has 1 heterocycles. The fourth-order valence-corrected chi connectivity index (χ4v) is 2.62. The van der Waals surface area contributed by atoms with Crippen LogP contribution in [0.3, 0.4) is 0 Å². The Hall–Kier alpha value is -1.88. The van der Waals surface area contributed by atoms with Crippen molar-refractivity contribution in [1.82, 2.24) is 4.90 Å². The summed E-state index contributed by atoms with van der Waals surface area (Å²) in [5, 5.41) is 12.2. The van der Waals surface area contributed by atoms with Crippen molar-refractivity contribution < 1.29 is 14.7 Å². The second kappa shape index (κ2) is 6.72. The minimum absolute atomic E-state index is 0.216. The largest absolute Gasteiger partial charge is 0.393 e. The first-order valence-electron chi connectivity index (χ1n) is 7.33. The fraction of sp³-hybridized carbons (Fsp3) is 0.500. The van der Waals surface area contributed by atoms with E-state index in [2.05, 4.69) is 5.32 Å². The molecule has 1 aromatic carbocycles. The summed E-state index contributed by atoms with van der Waals surface area (Å²) in [4.78, 5) is 25.7. The number of para-hydroxylation sites is 1. The number of carbonyl (C=O) groups is 2. The van der Waals surface area contributed by atoms with E-state index in [0.717, 1.165) is 18.4 Å². The maximum atomic E-state index is 12.1. The average molecular weight is 290 g/mol. The first kappa shape index (κ1) is 15.5. The Kier molecular flexibility index (Phi) is 4.96. The van der Waals surface area contributed by atoms with Gasteiger partial charge in [0.2, 0.25) is 0 Å². The Bertz CT molecular complexity index is 520. The fourth-order valence-electron chi connectivity index (χ4n) is 2.62. The number of anilines is 1. The number of piperidine rings is 1. The topological polar surface area (TPSA) is 69.6 Å². The number of aliphatic hydroxyl groups is 1. The molecule has 0 spiro atoms. The van der Waals surface area contributed by atoms with Crippen LogP contribution in [0, 0.1) is 12.8 Å². The Morgan fingerprint density at radius 1 is 1.29 bits per heavy atom. The second-order valence-corrected chi connectivity index (χ2v) is 5.64. The number of carbonyl (C=O) groups excluding carboxylic acids is 2. The van der Waals surface area contributed by atoms with Gasteiger partial charge in [0.25, 0.3) is 0 Å². The first-order valence-corrected chi connectivity index (χ1v) is 7.33. The Labute approximate surface area is 125 Å². The monoisotopic (exact) mass is 290 g/mol. The number of hydrogen-bond acceptors (Lipinski definition) is 3. The maximum absolute atomic E-state index is 12.1. The molecular formula is C16H22N2O3. The van der Waals surface area contributed by atoms with Crippen LogP contribution in [-0.2, 0) is 9.59 Å². The van der Waals surface area contributed by atoms with Crippen molar-refractivity contribution >= 4 is 17.5 Å². The molecule has 1 unspecified atom stereocenters. The van der Waals surface area contributed by atoms with E-state index in [4.69, 9.17) is 0 Å². The molecule has 1 aliphatic rings. The number of nitrogens with one attached hydrogen (secondary N) is 1. The molecule has 5 nitrogen and oxygen atoms in total. The van der Waals surface area contributed by atoms with Crippen molar-refractivity contribution in [2.24, 2.45) is 5.92 Å². The molecule has 21 heavy (non-hydrogen) atoms. The van der Waals surface area contributed by atoms with Crippen LogP contribution in [0.4, 0.5) is 5.69 Å². The van der Waals surface area contributed by atoms with E-state index >= 15 is 0 Å². The van der Waals surface area contributed by atoms with Gasteiger partial charge < -0.3 is 15.3 Å². The molecule has 0 saturated carbocycles. The molecule has 0 aromatic heterocycles. The van der Waals surface area contributed by atoms with Gasteiger partial charge in [0.05, 0.1) is 6.10 Å². The molecular weight excluding hydrogens is 268 g/mol. The van der Waals surface area contributed by atoms with E-state index < -0.39 is 11.8 Å². The van der Waals surface area contributed by atoms with E-state index in [1.54, 1.807) is 17.9 Å². The van der Waals surface area contributed by atoms with Gasteiger partial charge in [0, 0.05) is 18.8 Å². The Morgan fingerprint density at radius 2 is 1.90 bits per heavy atom. The third-order valence-electron chi connectivity index (χ3n) is 4.10. The smallest absolute Gasteiger partial charge is 0.313 e. The highest BCUT2D eigenvalue weighted by molar-refractivity contribution is 6.39. The summed E-state index contributed by atoms with van der Waals surface area (Å²) in [6.07, 6.45) is 1.12. The molecule has 2 rings (SSSR count). The van der Waals surface area contributed by atoms with Crippen LogP contribution in [0.2, 0.25) is 0 Å². The number of aliphatic hydroxyl groups excluding tert-OH is 1. The van der Waals surface area contributed by atoms with Gasteiger partial charge in [-0.1, -0.05) is 18.2 Å². The molecule has 114 valence electrons.